The molecule has 0 aliphatic rings. The lowest BCUT2D eigenvalue weighted by molar-refractivity contribution is -0.115. The van der Waals surface area contributed by atoms with Gasteiger partial charge in [0.2, 0.25) is 5.91 Å². The van der Waals surface area contributed by atoms with Crippen molar-refractivity contribution in [3.8, 4) is 6.07 Å². The van der Waals surface area contributed by atoms with Gasteiger partial charge in [-0.25, -0.2) is 0 Å². The average molecular weight is 415 g/mol. The first-order valence-corrected chi connectivity index (χ1v) is 9.98. The van der Waals surface area contributed by atoms with Gasteiger partial charge in [0.25, 0.3) is 5.91 Å². The number of hydrogen-bond acceptors (Lipinski definition) is 5. The van der Waals surface area contributed by atoms with Crippen molar-refractivity contribution in [3.63, 3.8) is 0 Å². The summed E-state index contributed by atoms with van der Waals surface area (Å²) >= 11 is 1.22. The summed E-state index contributed by atoms with van der Waals surface area (Å²) in [5.74, 6) is -0.0103. The Kier molecular flexibility index (Phi) is 5.28. The standard InChI is InChI=1S/C22H17N5O2S/c1-13-5-7-14(8-6-13)10-19(28)25-20-17-11-18(30-22(17)27-26-20)21(29)24-16-4-2-3-15(9-16)12-23/h2-9,11H,10H2,1H3,(H,24,29)(H2,25,26,27,28). The van der Waals surface area contributed by atoms with Crippen molar-refractivity contribution in [2.75, 3.05) is 10.6 Å². The van der Waals surface area contributed by atoms with Crippen LogP contribution in [0.4, 0.5) is 11.5 Å². The summed E-state index contributed by atoms with van der Waals surface area (Å²) in [6.45, 7) is 2.00. The number of benzene rings is 2. The van der Waals surface area contributed by atoms with E-state index in [0.717, 1.165) is 11.1 Å². The van der Waals surface area contributed by atoms with E-state index in [2.05, 4.69) is 20.8 Å². The average Bonchev–Trinajstić information content (AvgIpc) is 3.32. The number of rotatable bonds is 5. The van der Waals surface area contributed by atoms with Crippen molar-refractivity contribution < 1.29 is 9.59 Å². The number of aryl methyl sites for hydroxylation is 1. The number of anilines is 2. The SMILES string of the molecule is Cc1ccc(CC(=O)Nc2[nH]nc3sc(C(=O)Nc4cccc(C#N)c4)cc23)cc1. The highest BCUT2D eigenvalue weighted by molar-refractivity contribution is 7.20. The maximum absolute atomic E-state index is 12.6. The molecule has 0 aliphatic heterocycles. The van der Waals surface area contributed by atoms with Gasteiger partial charge in [0.15, 0.2) is 0 Å². The van der Waals surface area contributed by atoms with Gasteiger partial charge in [0.1, 0.15) is 10.6 Å². The van der Waals surface area contributed by atoms with Gasteiger partial charge in [0, 0.05) is 5.69 Å². The summed E-state index contributed by atoms with van der Waals surface area (Å²) in [5, 5.41) is 22.3. The molecule has 4 aromatic rings. The van der Waals surface area contributed by atoms with Crippen LogP contribution in [0.15, 0.2) is 54.6 Å². The zero-order valence-electron chi connectivity index (χ0n) is 16.0. The van der Waals surface area contributed by atoms with Gasteiger partial charge in [-0.2, -0.15) is 10.4 Å². The Labute approximate surface area is 176 Å². The minimum atomic E-state index is -0.301. The lowest BCUT2D eigenvalue weighted by Gasteiger charge is -2.04. The van der Waals surface area contributed by atoms with Crippen molar-refractivity contribution in [1.29, 1.82) is 5.26 Å². The Balaban J connectivity index is 1.47. The third kappa shape index (κ3) is 4.21. The predicted octanol–water partition coefficient (Wildman–Crippen LogP) is 4.24. The summed E-state index contributed by atoms with van der Waals surface area (Å²) in [5.41, 5.74) is 3.06. The first-order valence-electron chi connectivity index (χ1n) is 9.16. The number of hydrogen-bond donors (Lipinski definition) is 3. The second-order valence-corrected chi connectivity index (χ2v) is 7.82. The number of carbonyl (C=O) groups is 2. The predicted molar refractivity (Wildman–Crippen MR) is 117 cm³/mol. The highest BCUT2D eigenvalue weighted by Crippen LogP contribution is 2.30. The fourth-order valence-electron chi connectivity index (χ4n) is 2.95. The Morgan fingerprint density at radius 3 is 2.70 bits per heavy atom. The number of carbonyl (C=O) groups excluding carboxylic acids is 2. The third-order valence-electron chi connectivity index (χ3n) is 4.47. The first-order chi connectivity index (χ1) is 14.5. The summed E-state index contributed by atoms with van der Waals surface area (Å²) in [6, 6.07) is 18.2. The largest absolute Gasteiger partial charge is 0.321 e. The maximum atomic E-state index is 12.6. The van der Waals surface area contributed by atoms with Crippen LogP contribution in [0.3, 0.4) is 0 Å². The number of H-pyrrole nitrogens is 1. The number of thiophene rings is 1. The molecular formula is C22H17N5O2S. The van der Waals surface area contributed by atoms with Crippen molar-refractivity contribution in [3.05, 3.63) is 76.2 Å². The zero-order valence-corrected chi connectivity index (χ0v) is 16.8. The molecule has 3 N–H and O–H groups in total. The van der Waals surface area contributed by atoms with Crippen molar-refractivity contribution in [1.82, 2.24) is 10.2 Å². The summed E-state index contributed by atoms with van der Waals surface area (Å²) in [6.07, 6.45) is 0.244. The molecule has 0 aliphatic carbocycles. The van der Waals surface area contributed by atoms with Gasteiger partial charge in [-0.3, -0.25) is 14.7 Å². The van der Waals surface area contributed by atoms with Gasteiger partial charge in [-0.1, -0.05) is 35.9 Å². The van der Waals surface area contributed by atoms with Gasteiger partial charge in [-0.15, -0.1) is 11.3 Å². The molecule has 0 saturated heterocycles. The van der Waals surface area contributed by atoms with Gasteiger partial charge in [0.05, 0.1) is 28.3 Å². The molecule has 0 unspecified atom stereocenters. The smallest absolute Gasteiger partial charge is 0.265 e. The van der Waals surface area contributed by atoms with E-state index >= 15 is 0 Å². The molecule has 8 heteroatoms. The molecule has 2 heterocycles. The lowest BCUT2D eigenvalue weighted by Crippen LogP contribution is -2.15. The molecule has 0 saturated carbocycles. The first kappa shape index (κ1) is 19.4. The Bertz CT molecular complexity index is 1280. The molecular weight excluding hydrogens is 398 g/mol. The summed E-state index contributed by atoms with van der Waals surface area (Å²) < 4.78 is 0. The van der Waals surface area contributed by atoms with Gasteiger partial charge >= 0.3 is 0 Å². The normalized spacial score (nSPS) is 10.5. The van der Waals surface area contributed by atoms with Gasteiger partial charge in [-0.05, 0) is 36.8 Å². The second kappa shape index (κ2) is 8.19. The second-order valence-electron chi connectivity index (χ2n) is 6.79. The Morgan fingerprint density at radius 2 is 1.93 bits per heavy atom. The van der Waals surface area contributed by atoms with E-state index in [1.165, 1.54) is 11.3 Å². The number of nitriles is 1. The van der Waals surface area contributed by atoms with Crippen LogP contribution in [-0.2, 0) is 11.2 Å². The van der Waals surface area contributed by atoms with Crippen LogP contribution in [0.25, 0.3) is 10.2 Å². The van der Waals surface area contributed by atoms with Crippen LogP contribution >= 0.6 is 11.3 Å². The molecule has 148 valence electrons. The van der Waals surface area contributed by atoms with E-state index in [-0.39, 0.29) is 18.2 Å². The van der Waals surface area contributed by atoms with Crippen LogP contribution in [0.5, 0.6) is 0 Å². The highest BCUT2D eigenvalue weighted by atomic mass is 32.1. The number of amides is 2. The van der Waals surface area contributed by atoms with E-state index in [1.54, 1.807) is 30.3 Å². The molecule has 2 aromatic heterocycles. The Morgan fingerprint density at radius 1 is 1.13 bits per heavy atom. The minimum Gasteiger partial charge on any atom is -0.321 e. The molecule has 0 atom stereocenters. The number of nitrogens with one attached hydrogen (secondary N) is 3. The Hall–Kier alpha value is -3.96. The third-order valence-corrected chi connectivity index (χ3v) is 5.50. The maximum Gasteiger partial charge on any atom is 0.265 e. The molecule has 0 radical (unpaired) electrons. The van der Waals surface area contributed by atoms with E-state index in [0.29, 0.717) is 32.2 Å². The van der Waals surface area contributed by atoms with Crippen LogP contribution in [0.2, 0.25) is 0 Å². The molecule has 0 spiro atoms. The molecule has 0 fully saturated rings. The molecule has 2 aromatic carbocycles. The molecule has 7 nitrogen and oxygen atoms in total. The number of nitrogens with zero attached hydrogens (tertiary/aromatic N) is 2. The van der Waals surface area contributed by atoms with Gasteiger partial charge < -0.3 is 10.6 Å². The monoisotopic (exact) mass is 415 g/mol. The highest BCUT2D eigenvalue weighted by Gasteiger charge is 2.17. The zero-order chi connectivity index (χ0) is 21.1. The van der Waals surface area contributed by atoms with E-state index in [1.807, 2.05) is 37.3 Å². The molecule has 0 bridgehead atoms. The number of aromatic nitrogens is 2. The molecule has 30 heavy (non-hydrogen) atoms. The van der Waals surface area contributed by atoms with Crippen LogP contribution in [0, 0.1) is 18.3 Å². The minimum absolute atomic E-state index is 0.171. The van der Waals surface area contributed by atoms with Crippen LogP contribution in [0.1, 0.15) is 26.4 Å². The van der Waals surface area contributed by atoms with E-state index in [4.69, 9.17) is 5.26 Å². The quantitative estimate of drug-likeness (QED) is 0.453. The fourth-order valence-corrected chi connectivity index (χ4v) is 3.84. The molecule has 2 amide bonds. The summed E-state index contributed by atoms with van der Waals surface area (Å²) in [7, 11) is 0. The van der Waals surface area contributed by atoms with Crippen molar-refractivity contribution in [2.45, 2.75) is 13.3 Å². The van der Waals surface area contributed by atoms with E-state index in [9.17, 15) is 9.59 Å². The molecule has 4 rings (SSSR count). The lowest BCUT2D eigenvalue weighted by atomic mass is 10.1. The summed E-state index contributed by atoms with van der Waals surface area (Å²) in [4.78, 5) is 26.0. The van der Waals surface area contributed by atoms with Crippen molar-refractivity contribution in [2.24, 2.45) is 0 Å². The van der Waals surface area contributed by atoms with Crippen LogP contribution in [-0.4, -0.2) is 22.0 Å². The van der Waals surface area contributed by atoms with E-state index < -0.39 is 0 Å². The number of aromatic amines is 1. The van der Waals surface area contributed by atoms with Crippen molar-refractivity contribution >= 4 is 44.9 Å². The van der Waals surface area contributed by atoms with Crippen LogP contribution < -0.4 is 10.6 Å². The fraction of sp³-hybridized carbons (Fsp3) is 0.0909. The number of fused-ring (bicyclic) bond motifs is 1. The topological polar surface area (TPSA) is 111 Å².